The second-order valence-corrected chi connectivity index (χ2v) is 8.08. The molecule has 2 saturated heterocycles. The van der Waals surface area contributed by atoms with Gasteiger partial charge in [-0.05, 0) is 43.4 Å². The second-order valence-electron chi connectivity index (χ2n) is 6.36. The summed E-state index contributed by atoms with van der Waals surface area (Å²) in [7, 11) is -3.70. The normalized spacial score (nSPS) is 26.9. The van der Waals surface area contributed by atoms with Gasteiger partial charge < -0.3 is 5.32 Å². The molecule has 2 unspecified atom stereocenters. The van der Waals surface area contributed by atoms with Crippen molar-refractivity contribution in [3.05, 3.63) is 29.8 Å². The van der Waals surface area contributed by atoms with Crippen LogP contribution in [0.15, 0.2) is 29.2 Å². The highest BCUT2D eigenvalue weighted by molar-refractivity contribution is 7.89. The molecule has 1 aromatic rings. The third-order valence-electron chi connectivity index (χ3n) is 4.43. The number of nitrogens with one attached hydrogen (secondary N) is 2. The molecular formula is C15H20ClF3N2O2S. The summed E-state index contributed by atoms with van der Waals surface area (Å²) in [5, 5.41) is 3.43. The van der Waals surface area contributed by atoms with E-state index in [2.05, 4.69) is 10.0 Å². The van der Waals surface area contributed by atoms with Crippen molar-refractivity contribution in [3.63, 3.8) is 0 Å². The number of piperidine rings is 1. The Labute approximate surface area is 145 Å². The third-order valence-corrected chi connectivity index (χ3v) is 5.97. The van der Waals surface area contributed by atoms with Gasteiger partial charge in [0.2, 0.25) is 10.0 Å². The van der Waals surface area contributed by atoms with Crippen LogP contribution in [0.5, 0.6) is 0 Å². The van der Waals surface area contributed by atoms with Crippen molar-refractivity contribution in [2.45, 2.75) is 61.3 Å². The van der Waals surface area contributed by atoms with Gasteiger partial charge in [-0.1, -0.05) is 12.1 Å². The van der Waals surface area contributed by atoms with Crippen molar-refractivity contribution >= 4 is 22.4 Å². The average molecular weight is 385 g/mol. The summed E-state index contributed by atoms with van der Waals surface area (Å²) < 4.78 is 64.4. The first-order valence-electron chi connectivity index (χ1n) is 7.65. The fourth-order valence-corrected chi connectivity index (χ4v) is 4.72. The summed E-state index contributed by atoms with van der Waals surface area (Å²) in [5.74, 6) is 0. The van der Waals surface area contributed by atoms with E-state index in [1.807, 2.05) is 0 Å². The third kappa shape index (κ3) is 4.84. The molecule has 0 amide bonds. The summed E-state index contributed by atoms with van der Waals surface area (Å²) in [5.41, 5.74) is 0.0522. The number of alkyl halides is 3. The predicted molar refractivity (Wildman–Crippen MR) is 86.7 cm³/mol. The molecule has 4 nitrogen and oxygen atoms in total. The Kier molecular flexibility index (Phi) is 5.84. The summed E-state index contributed by atoms with van der Waals surface area (Å²) in [6, 6.07) is 5.50. The lowest BCUT2D eigenvalue weighted by atomic mass is 10.0. The molecule has 2 N–H and O–H groups in total. The van der Waals surface area contributed by atoms with E-state index in [-0.39, 0.29) is 28.9 Å². The molecular weight excluding hydrogens is 365 g/mol. The van der Waals surface area contributed by atoms with Crippen LogP contribution < -0.4 is 10.0 Å². The van der Waals surface area contributed by atoms with E-state index < -0.39 is 22.6 Å². The second kappa shape index (κ2) is 7.19. The van der Waals surface area contributed by atoms with Crippen LogP contribution in [0.3, 0.4) is 0 Å². The van der Waals surface area contributed by atoms with Crippen LogP contribution >= 0.6 is 12.4 Å². The van der Waals surface area contributed by atoms with Crippen molar-refractivity contribution < 1.29 is 21.6 Å². The molecule has 2 bridgehead atoms. The fourth-order valence-electron chi connectivity index (χ4n) is 3.46. The minimum Gasteiger partial charge on any atom is -0.311 e. The standard InChI is InChI=1S/C15H19F3N2O2S.ClH/c16-15(17,18)9-10-1-5-14(6-2-10)23(21,22)20-13-7-11-3-4-12(8-13)19-11;/h1-2,5-6,11-13,19-20H,3-4,7-9H2;1H. The van der Waals surface area contributed by atoms with E-state index in [9.17, 15) is 21.6 Å². The first kappa shape index (κ1) is 19.5. The number of benzene rings is 1. The molecule has 0 saturated carbocycles. The Morgan fingerprint density at radius 2 is 1.62 bits per heavy atom. The molecule has 0 spiro atoms. The Morgan fingerprint density at radius 1 is 1.08 bits per heavy atom. The highest BCUT2D eigenvalue weighted by Crippen LogP contribution is 2.28. The smallest absolute Gasteiger partial charge is 0.311 e. The quantitative estimate of drug-likeness (QED) is 0.839. The monoisotopic (exact) mass is 384 g/mol. The van der Waals surface area contributed by atoms with Gasteiger partial charge in [0.15, 0.2) is 0 Å². The molecule has 2 fully saturated rings. The highest BCUT2D eigenvalue weighted by Gasteiger charge is 2.35. The molecule has 24 heavy (non-hydrogen) atoms. The SMILES string of the molecule is Cl.O=S(=O)(NC1CC2CCC(C1)N2)c1ccc(CC(F)(F)F)cc1. The van der Waals surface area contributed by atoms with Gasteiger partial charge >= 0.3 is 6.18 Å². The average Bonchev–Trinajstić information content (AvgIpc) is 2.76. The topological polar surface area (TPSA) is 58.2 Å². The van der Waals surface area contributed by atoms with Gasteiger partial charge in [-0.15, -0.1) is 12.4 Å². The molecule has 0 aliphatic carbocycles. The molecule has 9 heteroatoms. The number of fused-ring (bicyclic) bond motifs is 2. The summed E-state index contributed by atoms with van der Waals surface area (Å²) in [6.07, 6.45) is -1.72. The summed E-state index contributed by atoms with van der Waals surface area (Å²) >= 11 is 0. The summed E-state index contributed by atoms with van der Waals surface area (Å²) in [6.45, 7) is 0. The van der Waals surface area contributed by atoms with Crippen LogP contribution in [-0.4, -0.2) is 32.7 Å². The molecule has 3 rings (SSSR count). The van der Waals surface area contributed by atoms with Crippen molar-refractivity contribution in [1.82, 2.24) is 10.0 Å². The van der Waals surface area contributed by atoms with E-state index in [4.69, 9.17) is 0 Å². The zero-order chi connectivity index (χ0) is 16.7. The molecule has 1 aromatic carbocycles. The van der Waals surface area contributed by atoms with Crippen LogP contribution in [-0.2, 0) is 16.4 Å². The molecule has 2 aliphatic rings. The van der Waals surface area contributed by atoms with E-state index >= 15 is 0 Å². The van der Waals surface area contributed by atoms with E-state index in [1.54, 1.807) is 0 Å². The maximum Gasteiger partial charge on any atom is 0.393 e. The van der Waals surface area contributed by atoms with Crippen molar-refractivity contribution in [3.8, 4) is 0 Å². The van der Waals surface area contributed by atoms with Crippen LogP contribution in [0.2, 0.25) is 0 Å². The summed E-state index contributed by atoms with van der Waals surface area (Å²) in [4.78, 5) is 0.00861. The van der Waals surface area contributed by atoms with Crippen molar-refractivity contribution in [2.75, 3.05) is 0 Å². The van der Waals surface area contributed by atoms with Gasteiger partial charge in [0.1, 0.15) is 0 Å². The Balaban J connectivity index is 0.00000208. The zero-order valence-corrected chi connectivity index (χ0v) is 14.5. The highest BCUT2D eigenvalue weighted by atomic mass is 35.5. The zero-order valence-electron chi connectivity index (χ0n) is 12.8. The van der Waals surface area contributed by atoms with E-state index in [0.29, 0.717) is 12.1 Å². The minimum absolute atomic E-state index is 0. The van der Waals surface area contributed by atoms with Gasteiger partial charge in [-0.2, -0.15) is 13.2 Å². The van der Waals surface area contributed by atoms with Gasteiger partial charge in [0, 0.05) is 18.1 Å². The maximum atomic E-state index is 12.4. The Morgan fingerprint density at radius 3 is 2.12 bits per heavy atom. The van der Waals surface area contributed by atoms with Crippen molar-refractivity contribution in [2.24, 2.45) is 0 Å². The molecule has 2 heterocycles. The van der Waals surface area contributed by atoms with Crippen LogP contribution in [0, 0.1) is 0 Å². The molecule has 0 radical (unpaired) electrons. The first-order chi connectivity index (χ1) is 10.7. The number of hydrogen-bond acceptors (Lipinski definition) is 3. The Bertz CT molecular complexity index is 652. The lowest BCUT2D eigenvalue weighted by molar-refractivity contribution is -0.127. The van der Waals surface area contributed by atoms with Crippen LogP contribution in [0.1, 0.15) is 31.2 Å². The number of halogens is 4. The molecule has 136 valence electrons. The fraction of sp³-hybridized carbons (Fsp3) is 0.600. The largest absolute Gasteiger partial charge is 0.393 e. The number of hydrogen-bond donors (Lipinski definition) is 2. The molecule has 2 aliphatic heterocycles. The Hall–Kier alpha value is -0.830. The maximum absolute atomic E-state index is 12.4. The van der Waals surface area contributed by atoms with E-state index in [1.165, 1.54) is 24.3 Å². The van der Waals surface area contributed by atoms with Gasteiger partial charge in [0.05, 0.1) is 11.3 Å². The number of sulfonamides is 1. The van der Waals surface area contributed by atoms with Gasteiger partial charge in [0.25, 0.3) is 0 Å². The number of rotatable bonds is 4. The van der Waals surface area contributed by atoms with Gasteiger partial charge in [-0.3, -0.25) is 0 Å². The van der Waals surface area contributed by atoms with Gasteiger partial charge in [-0.25, -0.2) is 13.1 Å². The molecule has 0 aromatic heterocycles. The lowest BCUT2D eigenvalue weighted by Gasteiger charge is -2.29. The molecule has 2 atom stereocenters. The van der Waals surface area contributed by atoms with Crippen molar-refractivity contribution in [1.29, 1.82) is 0 Å². The van der Waals surface area contributed by atoms with Crippen LogP contribution in [0.4, 0.5) is 13.2 Å². The first-order valence-corrected chi connectivity index (χ1v) is 9.14. The van der Waals surface area contributed by atoms with Crippen LogP contribution in [0.25, 0.3) is 0 Å². The predicted octanol–water partition coefficient (Wildman–Crippen LogP) is 2.77. The van der Waals surface area contributed by atoms with E-state index in [0.717, 1.165) is 25.7 Å². The lowest BCUT2D eigenvalue weighted by Crippen LogP contribution is -2.47. The minimum atomic E-state index is -4.30.